The molecule has 4 nitrogen and oxygen atoms in total. The number of Topliss-reactive ketones (excluding diaryl/α,β-unsaturated/α-hetero) is 2. The van der Waals surface area contributed by atoms with Crippen molar-refractivity contribution in [2.45, 2.75) is 13.1 Å². The fourth-order valence-corrected chi connectivity index (χ4v) is 2.39. The normalized spacial score (nSPS) is 10.0. The van der Waals surface area contributed by atoms with Crippen LogP contribution < -0.4 is 21.5 Å². The molecule has 0 bridgehead atoms. The minimum absolute atomic E-state index is 0. The molecule has 0 spiro atoms. The first kappa shape index (κ1) is 17.8. The lowest BCUT2D eigenvalue weighted by atomic mass is 10.1. The SMILES string of the molecule is O=C(Cn1cc[n+](CC(=O)c2ccccc2)c1)c1ccccc1.[Br-]. The van der Waals surface area contributed by atoms with Crippen LogP contribution in [0.25, 0.3) is 0 Å². The van der Waals surface area contributed by atoms with Gasteiger partial charge in [-0.15, -0.1) is 0 Å². The number of nitrogens with zero attached hydrogens (tertiary/aromatic N) is 2. The molecule has 0 aliphatic carbocycles. The van der Waals surface area contributed by atoms with E-state index in [0.717, 1.165) is 0 Å². The molecule has 24 heavy (non-hydrogen) atoms. The second-order valence-electron chi connectivity index (χ2n) is 5.34. The predicted octanol–water partition coefficient (Wildman–Crippen LogP) is -0.455. The maximum atomic E-state index is 12.2. The molecule has 0 aliphatic rings. The third-order valence-corrected chi connectivity index (χ3v) is 3.59. The molecule has 122 valence electrons. The summed E-state index contributed by atoms with van der Waals surface area (Å²) in [6, 6.07) is 18.4. The van der Waals surface area contributed by atoms with E-state index < -0.39 is 0 Å². The van der Waals surface area contributed by atoms with Gasteiger partial charge in [0.2, 0.25) is 17.9 Å². The second-order valence-corrected chi connectivity index (χ2v) is 5.34. The van der Waals surface area contributed by atoms with Crippen LogP contribution in [0, 0.1) is 0 Å². The lowest BCUT2D eigenvalue weighted by molar-refractivity contribution is -0.682. The average Bonchev–Trinajstić information content (AvgIpc) is 3.03. The van der Waals surface area contributed by atoms with E-state index in [4.69, 9.17) is 0 Å². The smallest absolute Gasteiger partial charge is 0.244 e. The Morgan fingerprint density at radius 1 is 0.833 bits per heavy atom. The highest BCUT2D eigenvalue weighted by Crippen LogP contribution is 2.03. The van der Waals surface area contributed by atoms with Gasteiger partial charge >= 0.3 is 0 Å². The fraction of sp³-hybridized carbons (Fsp3) is 0.105. The van der Waals surface area contributed by atoms with Gasteiger partial charge < -0.3 is 17.0 Å². The van der Waals surface area contributed by atoms with E-state index in [1.807, 2.05) is 36.4 Å². The lowest BCUT2D eigenvalue weighted by Gasteiger charge is -1.98. The van der Waals surface area contributed by atoms with Gasteiger partial charge in [0, 0.05) is 11.1 Å². The molecule has 0 atom stereocenters. The van der Waals surface area contributed by atoms with Crippen molar-refractivity contribution in [1.82, 2.24) is 4.57 Å². The van der Waals surface area contributed by atoms with Gasteiger partial charge in [-0.2, -0.15) is 0 Å². The number of halogens is 1. The highest BCUT2D eigenvalue weighted by Gasteiger charge is 2.14. The summed E-state index contributed by atoms with van der Waals surface area (Å²) in [7, 11) is 0. The first-order valence-electron chi connectivity index (χ1n) is 7.44. The molecule has 0 unspecified atom stereocenters. The Morgan fingerprint density at radius 2 is 1.38 bits per heavy atom. The Bertz CT molecular complexity index is 746. The maximum Gasteiger partial charge on any atom is 0.244 e. The van der Waals surface area contributed by atoms with Crippen LogP contribution in [0.2, 0.25) is 0 Å². The Hall–Kier alpha value is -2.53. The van der Waals surface area contributed by atoms with Crippen molar-refractivity contribution in [3.8, 4) is 0 Å². The molecule has 1 aromatic heterocycles. The largest absolute Gasteiger partial charge is 1.00 e. The molecule has 5 heteroatoms. The molecule has 0 radical (unpaired) electrons. The zero-order valence-electron chi connectivity index (χ0n) is 13.0. The Balaban J connectivity index is 0.00000208. The van der Waals surface area contributed by atoms with Gasteiger partial charge in [0.25, 0.3) is 0 Å². The molecule has 3 aromatic rings. The number of benzene rings is 2. The van der Waals surface area contributed by atoms with E-state index in [0.29, 0.717) is 11.1 Å². The highest BCUT2D eigenvalue weighted by molar-refractivity contribution is 5.96. The minimum Gasteiger partial charge on any atom is -1.00 e. The van der Waals surface area contributed by atoms with Crippen LogP contribution in [0.1, 0.15) is 20.7 Å². The quantitative estimate of drug-likeness (QED) is 0.426. The molecular formula is C19H17BrN2O2. The molecule has 0 N–H and O–H groups in total. The number of hydrogen-bond donors (Lipinski definition) is 0. The van der Waals surface area contributed by atoms with Crippen molar-refractivity contribution in [3.05, 3.63) is 90.5 Å². The zero-order valence-corrected chi connectivity index (χ0v) is 14.6. The van der Waals surface area contributed by atoms with Crippen molar-refractivity contribution in [2.24, 2.45) is 0 Å². The van der Waals surface area contributed by atoms with E-state index in [1.165, 1.54) is 0 Å². The summed E-state index contributed by atoms with van der Waals surface area (Å²) in [4.78, 5) is 24.3. The number of ketones is 2. The molecule has 2 aromatic carbocycles. The Labute approximate surface area is 151 Å². The van der Waals surface area contributed by atoms with Crippen LogP contribution in [0.15, 0.2) is 79.4 Å². The molecule has 0 amide bonds. The Kier molecular flexibility index (Phi) is 6.21. The van der Waals surface area contributed by atoms with Crippen molar-refractivity contribution in [1.29, 1.82) is 0 Å². The van der Waals surface area contributed by atoms with Crippen molar-refractivity contribution < 1.29 is 31.1 Å². The van der Waals surface area contributed by atoms with Crippen LogP contribution in [-0.4, -0.2) is 16.1 Å². The number of aromatic nitrogens is 2. The van der Waals surface area contributed by atoms with Gasteiger partial charge in [-0.05, 0) is 0 Å². The second kappa shape index (κ2) is 8.36. The van der Waals surface area contributed by atoms with Crippen molar-refractivity contribution in [3.63, 3.8) is 0 Å². The Morgan fingerprint density at radius 3 is 1.96 bits per heavy atom. The summed E-state index contributed by atoms with van der Waals surface area (Å²) in [6.45, 7) is 0.521. The maximum absolute atomic E-state index is 12.2. The van der Waals surface area contributed by atoms with Gasteiger partial charge in [-0.1, -0.05) is 60.7 Å². The van der Waals surface area contributed by atoms with E-state index in [1.54, 1.807) is 52.1 Å². The lowest BCUT2D eigenvalue weighted by Crippen LogP contribution is -3.00. The highest BCUT2D eigenvalue weighted by atomic mass is 79.9. The zero-order chi connectivity index (χ0) is 16.1. The number of carbonyl (C=O) groups excluding carboxylic acids is 2. The van der Waals surface area contributed by atoms with E-state index in [2.05, 4.69) is 0 Å². The van der Waals surface area contributed by atoms with Gasteiger partial charge in [0.1, 0.15) is 12.4 Å². The van der Waals surface area contributed by atoms with Gasteiger partial charge in [0.05, 0.1) is 0 Å². The third kappa shape index (κ3) is 4.49. The van der Waals surface area contributed by atoms with Crippen molar-refractivity contribution in [2.75, 3.05) is 0 Å². The van der Waals surface area contributed by atoms with Gasteiger partial charge in [-0.3, -0.25) is 9.59 Å². The van der Waals surface area contributed by atoms with Crippen molar-refractivity contribution >= 4 is 11.6 Å². The standard InChI is InChI=1S/C19H17N2O2.BrH/c22-18(16-7-3-1-4-8-16)13-20-11-12-21(15-20)14-19(23)17-9-5-2-6-10-17;/h1-12,15H,13-14H2;1H/q+1;/p-1. The van der Waals surface area contributed by atoms with Crippen LogP contribution in [0.4, 0.5) is 0 Å². The summed E-state index contributed by atoms with van der Waals surface area (Å²) in [5.74, 6) is 0.0884. The topological polar surface area (TPSA) is 43.0 Å². The fourth-order valence-electron chi connectivity index (χ4n) is 2.39. The minimum atomic E-state index is 0. The third-order valence-electron chi connectivity index (χ3n) is 3.59. The predicted molar refractivity (Wildman–Crippen MR) is 86.2 cm³/mol. The summed E-state index contributed by atoms with van der Waals surface area (Å²) >= 11 is 0. The molecule has 0 saturated carbocycles. The molecule has 3 rings (SSSR count). The van der Waals surface area contributed by atoms with E-state index in [-0.39, 0.29) is 41.6 Å². The van der Waals surface area contributed by atoms with Crippen LogP contribution in [0.3, 0.4) is 0 Å². The molecular weight excluding hydrogens is 368 g/mol. The summed E-state index contributed by atoms with van der Waals surface area (Å²) in [5.41, 5.74) is 1.38. The molecule has 0 aliphatic heterocycles. The van der Waals surface area contributed by atoms with E-state index in [9.17, 15) is 9.59 Å². The number of imidazole rings is 1. The van der Waals surface area contributed by atoms with Gasteiger partial charge in [-0.25, -0.2) is 9.13 Å². The van der Waals surface area contributed by atoms with Gasteiger partial charge in [0.15, 0.2) is 13.1 Å². The summed E-state index contributed by atoms with van der Waals surface area (Å²) in [6.07, 6.45) is 5.39. The first-order chi connectivity index (χ1) is 11.2. The summed E-state index contributed by atoms with van der Waals surface area (Å²) in [5, 5.41) is 0. The van der Waals surface area contributed by atoms with Crippen LogP contribution >= 0.6 is 0 Å². The molecule has 0 saturated heterocycles. The number of carbonyl (C=O) groups is 2. The van der Waals surface area contributed by atoms with E-state index >= 15 is 0 Å². The van der Waals surface area contributed by atoms with Crippen LogP contribution in [0.5, 0.6) is 0 Å². The molecule has 0 fully saturated rings. The number of hydrogen-bond acceptors (Lipinski definition) is 2. The average molecular weight is 385 g/mol. The first-order valence-corrected chi connectivity index (χ1v) is 7.44. The number of rotatable bonds is 6. The summed E-state index contributed by atoms with van der Waals surface area (Å²) < 4.78 is 3.57. The molecule has 1 heterocycles. The monoisotopic (exact) mass is 384 g/mol. The van der Waals surface area contributed by atoms with Crippen LogP contribution in [-0.2, 0) is 13.1 Å².